The monoisotopic (exact) mass is 838 g/mol. The number of carbonyl (C=O) groups is 4. The molecule has 4 aromatic rings. The molecule has 1 N–H and O–H groups in total. The van der Waals surface area contributed by atoms with Crippen LogP contribution < -0.4 is 0 Å². The van der Waals surface area contributed by atoms with Crippen LogP contribution in [0.25, 0.3) is 11.0 Å². The zero-order chi connectivity index (χ0) is 40.4. The third kappa shape index (κ3) is 7.19. The summed E-state index contributed by atoms with van der Waals surface area (Å²) in [6.45, 7) is 9.05. The van der Waals surface area contributed by atoms with Gasteiger partial charge in [-0.25, -0.2) is 4.68 Å². The van der Waals surface area contributed by atoms with E-state index < -0.39 is 77.0 Å². The van der Waals surface area contributed by atoms with Gasteiger partial charge in [-0.3, -0.25) is 19.2 Å². The number of aliphatic hydroxyl groups is 1. The molecule has 298 valence electrons. The first kappa shape index (κ1) is 40.0. The summed E-state index contributed by atoms with van der Waals surface area (Å²) in [6.07, 6.45) is 2.57. The average molecular weight is 840 g/mol. The number of alkyl halides is 1. The van der Waals surface area contributed by atoms with Crippen LogP contribution in [-0.4, -0.2) is 107 Å². The summed E-state index contributed by atoms with van der Waals surface area (Å²) in [4.78, 5) is 62.5. The molecular formula is C43H47BrN6O7. The number of amides is 3. The maximum atomic E-state index is 15.3. The number of hydrogen-bond acceptors (Lipinski definition) is 9. The fourth-order valence-corrected chi connectivity index (χ4v) is 9.78. The molecule has 1 spiro atoms. The van der Waals surface area contributed by atoms with Crippen LogP contribution in [0.1, 0.15) is 49.5 Å². The molecule has 3 aliphatic rings. The second kappa shape index (κ2) is 16.7. The molecule has 1 unspecified atom stereocenters. The summed E-state index contributed by atoms with van der Waals surface area (Å²) in [5.74, 6) is -3.99. The summed E-state index contributed by atoms with van der Waals surface area (Å²) in [7, 11) is 1.67. The SMILES string of the molecule is C=CCCC(=O)N(C)[C@@H](C)[C@@H](OC(=O)[C@@H]1[C@H]2O[C@@]3(CC2Br)[C@H](C(=O)N(CC=C)Cn2nnc4ccccc42)N([C@H](CO)c2ccccc2)C(=O)[C@@H]13)c1ccccc1. The van der Waals surface area contributed by atoms with E-state index >= 15 is 9.59 Å². The maximum absolute atomic E-state index is 15.3. The Hall–Kier alpha value is -5.18. The van der Waals surface area contributed by atoms with Crippen LogP contribution in [0.15, 0.2) is 110 Å². The molecule has 3 amide bonds. The van der Waals surface area contributed by atoms with Crippen molar-refractivity contribution in [3.05, 3.63) is 121 Å². The van der Waals surface area contributed by atoms with Crippen LogP contribution in [0.2, 0.25) is 0 Å². The Labute approximate surface area is 340 Å². The lowest BCUT2D eigenvalue weighted by atomic mass is 9.70. The zero-order valence-electron chi connectivity index (χ0n) is 32.0. The fourth-order valence-electron chi connectivity index (χ4n) is 8.83. The third-order valence-electron chi connectivity index (χ3n) is 11.7. The highest BCUT2D eigenvalue weighted by atomic mass is 79.9. The van der Waals surface area contributed by atoms with Crippen molar-refractivity contribution in [3.63, 3.8) is 0 Å². The van der Waals surface area contributed by atoms with E-state index in [9.17, 15) is 14.7 Å². The number of ether oxygens (including phenoxy) is 2. The van der Waals surface area contributed by atoms with E-state index in [-0.39, 0.29) is 32.0 Å². The van der Waals surface area contributed by atoms with Gasteiger partial charge in [0.1, 0.15) is 29.9 Å². The Balaban J connectivity index is 1.28. The van der Waals surface area contributed by atoms with Gasteiger partial charge in [-0.2, -0.15) is 0 Å². The molecule has 2 bridgehead atoms. The first-order chi connectivity index (χ1) is 27.6. The number of para-hydroxylation sites is 1. The lowest BCUT2D eigenvalue weighted by Crippen LogP contribution is -2.57. The Morgan fingerprint density at radius 2 is 1.70 bits per heavy atom. The van der Waals surface area contributed by atoms with Crippen LogP contribution in [0.5, 0.6) is 0 Å². The van der Waals surface area contributed by atoms with E-state index in [1.165, 1.54) is 9.80 Å². The number of carbonyl (C=O) groups excluding carboxylic acids is 4. The molecule has 4 heterocycles. The number of rotatable bonds is 16. The minimum absolute atomic E-state index is 0.0118. The smallest absolute Gasteiger partial charge is 0.313 e. The molecule has 3 saturated heterocycles. The van der Waals surface area contributed by atoms with Gasteiger partial charge in [-0.1, -0.05) is 106 Å². The highest BCUT2D eigenvalue weighted by Crippen LogP contribution is 2.61. The summed E-state index contributed by atoms with van der Waals surface area (Å²) < 4.78 is 14.9. The number of hydrogen-bond donors (Lipinski definition) is 1. The number of benzene rings is 3. The van der Waals surface area contributed by atoms with Gasteiger partial charge in [-0.15, -0.1) is 18.3 Å². The van der Waals surface area contributed by atoms with Crippen LogP contribution in [-0.2, 0) is 35.3 Å². The van der Waals surface area contributed by atoms with Crippen LogP contribution in [0, 0.1) is 11.8 Å². The minimum Gasteiger partial charge on any atom is -0.455 e. The third-order valence-corrected chi connectivity index (χ3v) is 12.5. The molecule has 57 heavy (non-hydrogen) atoms. The van der Waals surface area contributed by atoms with E-state index in [1.807, 2.05) is 67.6 Å². The molecule has 0 aliphatic carbocycles. The van der Waals surface area contributed by atoms with Gasteiger partial charge >= 0.3 is 5.97 Å². The van der Waals surface area contributed by atoms with Gasteiger partial charge in [-0.05, 0) is 43.0 Å². The number of halogens is 1. The van der Waals surface area contributed by atoms with Crippen molar-refractivity contribution in [1.29, 1.82) is 0 Å². The summed E-state index contributed by atoms with van der Waals surface area (Å²) in [6, 6.07) is 22.8. The Morgan fingerprint density at radius 1 is 1.04 bits per heavy atom. The largest absolute Gasteiger partial charge is 0.455 e. The lowest BCUT2D eigenvalue weighted by molar-refractivity contribution is -0.165. The molecule has 3 aromatic carbocycles. The first-order valence-corrected chi connectivity index (χ1v) is 20.1. The summed E-state index contributed by atoms with van der Waals surface area (Å²) in [5, 5.41) is 19.6. The molecule has 0 radical (unpaired) electrons. The molecule has 0 saturated carbocycles. The van der Waals surface area contributed by atoms with E-state index in [4.69, 9.17) is 9.47 Å². The summed E-state index contributed by atoms with van der Waals surface area (Å²) in [5.41, 5.74) is 1.19. The van der Waals surface area contributed by atoms with Crippen molar-refractivity contribution in [3.8, 4) is 0 Å². The number of likely N-dealkylation sites (tertiary alicyclic amines) is 1. The standard InChI is InChI=1S/C43H47BrN6O7/c1-5-7-22-34(52)47(4)27(3)37(29-18-12-9-13-19-29)56-42(55)35-36-40(53)50(33(25-51)28-16-10-8-11-17-28)39(43(36)24-30(44)38(35)57-43)41(54)48(23-6-2)26-49-32-21-15-14-20-31(32)45-46-49/h5-6,8-21,27,30,33,35-39,51H,1-2,7,22-26H2,3-4H3/t27-,30?,33+,35-,36+,37+,38-,39-,43+/m0/s1. The number of allylic oxidation sites excluding steroid dienone is 1. The van der Waals surface area contributed by atoms with Crippen molar-refractivity contribution in [1.82, 2.24) is 29.7 Å². The van der Waals surface area contributed by atoms with Gasteiger partial charge in [0.25, 0.3) is 0 Å². The van der Waals surface area contributed by atoms with Gasteiger partial charge in [0.05, 0.1) is 42.1 Å². The summed E-state index contributed by atoms with van der Waals surface area (Å²) >= 11 is 3.76. The first-order valence-electron chi connectivity index (χ1n) is 19.2. The number of fused-ring (bicyclic) bond motifs is 2. The Bertz CT molecular complexity index is 2130. The van der Waals surface area contributed by atoms with Gasteiger partial charge < -0.3 is 29.3 Å². The van der Waals surface area contributed by atoms with Crippen molar-refractivity contribution in [2.75, 3.05) is 20.2 Å². The van der Waals surface area contributed by atoms with Crippen molar-refractivity contribution in [2.45, 2.75) is 73.6 Å². The van der Waals surface area contributed by atoms with Gasteiger partial charge in [0.15, 0.2) is 0 Å². The van der Waals surface area contributed by atoms with Gasteiger partial charge in [0, 0.05) is 24.8 Å². The predicted molar refractivity (Wildman–Crippen MR) is 215 cm³/mol. The van der Waals surface area contributed by atoms with E-state index in [2.05, 4.69) is 39.4 Å². The molecule has 7 rings (SSSR count). The maximum Gasteiger partial charge on any atom is 0.313 e. The number of likely N-dealkylation sites (N-methyl/N-ethyl adjacent to an activating group) is 1. The number of esters is 1. The van der Waals surface area contributed by atoms with Crippen molar-refractivity contribution in [2.24, 2.45) is 11.8 Å². The van der Waals surface area contributed by atoms with Crippen LogP contribution >= 0.6 is 15.9 Å². The Morgan fingerprint density at radius 3 is 2.37 bits per heavy atom. The van der Waals surface area contributed by atoms with Crippen molar-refractivity contribution >= 4 is 50.7 Å². The topological polar surface area (TPSA) is 147 Å². The molecule has 9 atom stereocenters. The molecule has 3 aliphatic heterocycles. The normalized spacial score (nSPS) is 25.1. The van der Waals surface area contributed by atoms with Crippen molar-refractivity contribution < 1.29 is 33.8 Å². The molecular weight excluding hydrogens is 792 g/mol. The second-order valence-electron chi connectivity index (χ2n) is 14.9. The quantitative estimate of drug-likeness (QED) is 0.0938. The zero-order valence-corrected chi connectivity index (χ0v) is 33.6. The average Bonchev–Trinajstić information content (AvgIpc) is 3.96. The van der Waals surface area contributed by atoms with E-state index in [1.54, 1.807) is 53.0 Å². The highest BCUT2D eigenvalue weighted by Gasteiger charge is 2.77. The lowest BCUT2D eigenvalue weighted by Gasteiger charge is -2.39. The minimum atomic E-state index is -1.46. The van der Waals surface area contributed by atoms with E-state index in [0.29, 0.717) is 28.6 Å². The van der Waals surface area contributed by atoms with E-state index in [0.717, 1.165) is 0 Å². The number of aliphatic hydroxyl groups excluding tert-OH is 1. The number of aromatic nitrogens is 3. The molecule has 13 nitrogen and oxygen atoms in total. The molecule has 1 aromatic heterocycles. The second-order valence-corrected chi connectivity index (χ2v) is 16.1. The molecule has 14 heteroatoms. The van der Waals surface area contributed by atoms with Crippen LogP contribution in [0.4, 0.5) is 0 Å². The fraction of sp³-hybridized carbons (Fsp3) is 0.395. The Kier molecular flexibility index (Phi) is 11.8. The molecule has 3 fully saturated rings. The number of nitrogens with zero attached hydrogens (tertiary/aromatic N) is 6. The predicted octanol–water partition coefficient (Wildman–Crippen LogP) is 4.98. The highest BCUT2D eigenvalue weighted by molar-refractivity contribution is 9.09. The van der Waals surface area contributed by atoms with Gasteiger partial charge in [0.2, 0.25) is 17.7 Å². The van der Waals surface area contributed by atoms with Crippen LogP contribution in [0.3, 0.4) is 0 Å².